The predicted octanol–water partition coefficient (Wildman–Crippen LogP) is 2.73. The molecule has 0 unspecified atom stereocenters. The van der Waals surface area contributed by atoms with Gasteiger partial charge in [-0.15, -0.1) is 0 Å². The number of aromatic amines is 2. The number of nitrogens with zero attached hydrogens (tertiary/aromatic N) is 2. The highest BCUT2D eigenvalue weighted by molar-refractivity contribution is 6.03. The second-order valence-electron chi connectivity index (χ2n) is 11.9. The quantitative estimate of drug-likeness (QED) is 0.280. The number of H-pyrrole nitrogens is 2. The SMILES string of the molecule is CC1(C)Cc2cc3[nH]c(cc4nc(cc5[nH]c(cc1n2)cc5C(=O)NCCN)CC4(C)C)cc3C(=O)NCCN. The van der Waals surface area contributed by atoms with E-state index in [0.717, 1.165) is 33.8 Å². The molecule has 2 aliphatic rings. The van der Waals surface area contributed by atoms with Gasteiger partial charge >= 0.3 is 0 Å². The van der Waals surface area contributed by atoms with Gasteiger partial charge in [0.1, 0.15) is 0 Å². The zero-order valence-electron chi connectivity index (χ0n) is 23.6. The zero-order valence-corrected chi connectivity index (χ0v) is 23.6. The van der Waals surface area contributed by atoms with E-state index in [2.05, 4.69) is 48.3 Å². The number of hydrogen-bond donors (Lipinski definition) is 6. The highest BCUT2D eigenvalue weighted by atomic mass is 16.2. The Labute approximate surface area is 233 Å². The molecule has 0 saturated heterocycles. The third-order valence-corrected chi connectivity index (χ3v) is 7.45. The van der Waals surface area contributed by atoms with Gasteiger partial charge in [-0.05, 0) is 36.4 Å². The summed E-state index contributed by atoms with van der Waals surface area (Å²) in [6.07, 6.45) is 1.39. The van der Waals surface area contributed by atoms with Crippen molar-refractivity contribution in [3.8, 4) is 0 Å². The molecule has 8 N–H and O–H groups in total. The Balaban J connectivity index is 1.81. The van der Waals surface area contributed by atoms with Crippen molar-refractivity contribution in [2.24, 2.45) is 11.5 Å². The molecule has 8 bridgehead atoms. The maximum atomic E-state index is 13.0. The smallest absolute Gasteiger partial charge is 0.253 e. The van der Waals surface area contributed by atoms with Crippen molar-refractivity contribution in [2.75, 3.05) is 26.2 Å². The van der Waals surface area contributed by atoms with Crippen molar-refractivity contribution < 1.29 is 9.59 Å². The maximum Gasteiger partial charge on any atom is 0.253 e. The molecule has 10 heteroatoms. The number of aromatic nitrogens is 4. The Morgan fingerprint density at radius 1 is 0.725 bits per heavy atom. The molecule has 3 aromatic heterocycles. The Hall–Kier alpha value is -4.02. The predicted molar refractivity (Wildman–Crippen MR) is 157 cm³/mol. The molecule has 0 aromatic carbocycles. The number of amides is 2. The van der Waals surface area contributed by atoms with Crippen molar-refractivity contribution in [1.82, 2.24) is 30.6 Å². The van der Waals surface area contributed by atoms with Crippen LogP contribution in [0.25, 0.3) is 22.1 Å². The first-order valence-electron chi connectivity index (χ1n) is 13.7. The van der Waals surface area contributed by atoms with Gasteiger partial charge in [0.15, 0.2) is 0 Å². The number of hydrogen-bond acceptors (Lipinski definition) is 6. The minimum atomic E-state index is -0.247. The van der Waals surface area contributed by atoms with Crippen LogP contribution in [0.15, 0.2) is 36.4 Å². The third kappa shape index (κ3) is 5.50. The van der Waals surface area contributed by atoms with Crippen molar-refractivity contribution >= 4 is 33.9 Å². The molecule has 5 rings (SSSR count). The van der Waals surface area contributed by atoms with Crippen LogP contribution in [0.3, 0.4) is 0 Å². The molecule has 40 heavy (non-hydrogen) atoms. The number of carbonyl (C=O) groups is 2. The molecule has 0 radical (unpaired) electrons. The van der Waals surface area contributed by atoms with Crippen LogP contribution < -0.4 is 22.1 Å². The molecule has 10 nitrogen and oxygen atoms in total. The molecule has 2 aliphatic heterocycles. The average Bonchev–Trinajstić information content (AvgIpc) is 3.60. The first-order valence-corrected chi connectivity index (χ1v) is 13.7. The Bertz CT molecular complexity index is 1510. The van der Waals surface area contributed by atoms with Crippen molar-refractivity contribution in [1.29, 1.82) is 0 Å². The number of nitrogens with one attached hydrogen (secondary N) is 4. The normalized spacial score (nSPS) is 15.6. The first-order chi connectivity index (χ1) is 19.0. The summed E-state index contributed by atoms with van der Waals surface area (Å²) in [7, 11) is 0. The van der Waals surface area contributed by atoms with E-state index in [-0.39, 0.29) is 22.6 Å². The van der Waals surface area contributed by atoms with E-state index in [4.69, 9.17) is 21.4 Å². The van der Waals surface area contributed by atoms with Crippen molar-refractivity contribution in [3.05, 3.63) is 70.3 Å². The molecular weight excluding hydrogens is 504 g/mol. The van der Waals surface area contributed by atoms with Crippen LogP contribution in [-0.4, -0.2) is 57.9 Å². The molecule has 3 aromatic rings. The number of fused-ring (bicyclic) bond motifs is 8. The summed E-state index contributed by atoms with van der Waals surface area (Å²) in [4.78, 5) is 42.8. The Morgan fingerprint density at radius 3 is 1.50 bits per heavy atom. The molecular formula is C30H38N8O2. The van der Waals surface area contributed by atoms with Crippen molar-refractivity contribution in [3.63, 3.8) is 0 Å². The Morgan fingerprint density at radius 2 is 1.12 bits per heavy atom. The summed E-state index contributed by atoms with van der Waals surface area (Å²) in [6.45, 7) is 10.0. The van der Waals surface area contributed by atoms with Gasteiger partial charge in [0, 0.05) is 83.7 Å². The average molecular weight is 543 g/mol. The van der Waals surface area contributed by atoms with Crippen LogP contribution in [0.2, 0.25) is 0 Å². The van der Waals surface area contributed by atoms with Gasteiger partial charge in [0.25, 0.3) is 11.8 Å². The fourth-order valence-corrected chi connectivity index (χ4v) is 5.33. The zero-order chi connectivity index (χ0) is 28.7. The highest BCUT2D eigenvalue weighted by Gasteiger charge is 2.30. The lowest BCUT2D eigenvalue weighted by atomic mass is 9.87. The molecule has 0 fully saturated rings. The van der Waals surface area contributed by atoms with E-state index < -0.39 is 0 Å². The highest BCUT2D eigenvalue weighted by Crippen LogP contribution is 2.33. The monoisotopic (exact) mass is 542 g/mol. The van der Waals surface area contributed by atoms with Gasteiger partial charge in [-0.2, -0.15) is 0 Å². The van der Waals surface area contributed by atoms with Gasteiger partial charge in [-0.25, -0.2) is 0 Å². The molecule has 0 aliphatic carbocycles. The Kier molecular flexibility index (Phi) is 7.24. The van der Waals surface area contributed by atoms with Crippen LogP contribution in [0, 0.1) is 0 Å². The van der Waals surface area contributed by atoms with Crippen LogP contribution >= 0.6 is 0 Å². The van der Waals surface area contributed by atoms with Gasteiger partial charge in [0.05, 0.1) is 22.2 Å². The van der Waals surface area contributed by atoms with Crippen molar-refractivity contribution in [2.45, 2.75) is 51.4 Å². The molecule has 5 heterocycles. The minimum Gasteiger partial charge on any atom is -0.355 e. The number of carbonyl (C=O) groups excluding carboxylic acids is 2. The molecule has 0 saturated carbocycles. The molecule has 2 amide bonds. The number of nitrogens with two attached hydrogens (primary N) is 2. The largest absolute Gasteiger partial charge is 0.355 e. The van der Waals surface area contributed by atoms with Gasteiger partial charge in [-0.3, -0.25) is 19.6 Å². The second-order valence-corrected chi connectivity index (χ2v) is 11.9. The lowest BCUT2D eigenvalue weighted by molar-refractivity contribution is 0.0948. The lowest BCUT2D eigenvalue weighted by Crippen LogP contribution is -2.28. The summed E-state index contributed by atoms with van der Waals surface area (Å²) in [6, 6.07) is 11.6. The lowest BCUT2D eigenvalue weighted by Gasteiger charge is -2.15. The summed E-state index contributed by atoms with van der Waals surface area (Å²) in [5.74, 6) is -0.377. The summed E-state index contributed by atoms with van der Waals surface area (Å²) >= 11 is 0. The minimum absolute atomic E-state index is 0.189. The van der Waals surface area contributed by atoms with Crippen LogP contribution in [0.5, 0.6) is 0 Å². The van der Waals surface area contributed by atoms with Crippen LogP contribution in [-0.2, 0) is 23.7 Å². The van der Waals surface area contributed by atoms with E-state index in [1.165, 1.54) is 0 Å². The second kappa shape index (κ2) is 10.5. The molecule has 210 valence electrons. The van der Waals surface area contributed by atoms with E-state index in [0.29, 0.717) is 61.2 Å². The summed E-state index contributed by atoms with van der Waals surface area (Å²) in [5, 5.41) is 5.76. The standard InChI is InChI=1S/C30H38N8O2/c1-29(2)15-19-11-23-22(28(40)34-8-6-32)10-18(36-23)14-26-30(3,4)16-20(38-26)12-24-21(27(39)33-7-5-31)9-17(35-24)13-25(29)37-19/h9-14,35-36H,5-8,15-16,31-32H2,1-4H3,(H,33,39)(H,34,40). The third-order valence-electron chi connectivity index (χ3n) is 7.45. The first kappa shape index (κ1) is 27.5. The van der Waals surface area contributed by atoms with Crippen LogP contribution in [0.4, 0.5) is 0 Å². The van der Waals surface area contributed by atoms with E-state index in [1.807, 2.05) is 36.4 Å². The van der Waals surface area contributed by atoms with E-state index >= 15 is 0 Å². The fourth-order valence-electron chi connectivity index (χ4n) is 5.33. The van der Waals surface area contributed by atoms with Gasteiger partial charge < -0.3 is 32.1 Å². The van der Waals surface area contributed by atoms with Gasteiger partial charge in [0.2, 0.25) is 0 Å². The van der Waals surface area contributed by atoms with Gasteiger partial charge in [-0.1, -0.05) is 27.7 Å². The topological polar surface area (TPSA) is 168 Å². The van der Waals surface area contributed by atoms with E-state index in [9.17, 15) is 9.59 Å². The van der Waals surface area contributed by atoms with Crippen LogP contribution in [0.1, 0.15) is 71.2 Å². The number of rotatable bonds is 6. The fraction of sp³-hybridized carbons (Fsp3) is 0.400. The summed E-state index contributed by atoms with van der Waals surface area (Å²) in [5.41, 5.74) is 18.3. The summed E-state index contributed by atoms with van der Waals surface area (Å²) < 4.78 is 0. The maximum absolute atomic E-state index is 13.0. The molecule has 0 spiro atoms. The molecule has 0 atom stereocenters. The van der Waals surface area contributed by atoms with E-state index in [1.54, 1.807) is 0 Å².